The highest BCUT2D eigenvalue weighted by molar-refractivity contribution is 7.18. The normalized spacial score (nSPS) is 10.0. The highest BCUT2D eigenvalue weighted by Crippen LogP contribution is 2.24. The lowest BCUT2D eigenvalue weighted by Gasteiger charge is -2.06. The quantitative estimate of drug-likeness (QED) is 0.458. The minimum Gasteiger partial charge on any atom is -0.497 e. The molecule has 9 nitrogen and oxygen atoms in total. The molecule has 24 heavy (non-hydrogen) atoms. The van der Waals surface area contributed by atoms with Crippen LogP contribution >= 0.6 is 11.3 Å². The van der Waals surface area contributed by atoms with Crippen LogP contribution in [0, 0.1) is 10.1 Å². The predicted octanol–water partition coefficient (Wildman–Crippen LogP) is 1.78. The molecule has 2 rings (SSSR count). The van der Waals surface area contributed by atoms with Crippen LogP contribution in [0.1, 0.15) is 5.56 Å². The molecular formula is C14H13N3O6S. The molecule has 2 aromatic rings. The molecular weight excluding hydrogens is 338 g/mol. The number of methoxy groups -OCH3 is 1. The predicted molar refractivity (Wildman–Crippen MR) is 85.1 cm³/mol. The minimum absolute atomic E-state index is 0.00674. The fourth-order valence-electron chi connectivity index (χ4n) is 1.71. The molecule has 10 heteroatoms. The van der Waals surface area contributed by atoms with Gasteiger partial charge >= 0.3 is 11.0 Å². The number of ether oxygens (including phenoxy) is 2. The monoisotopic (exact) mass is 351 g/mol. The van der Waals surface area contributed by atoms with Gasteiger partial charge in [-0.15, -0.1) is 0 Å². The van der Waals surface area contributed by atoms with Crippen LogP contribution in [-0.2, 0) is 20.7 Å². The fourth-order valence-corrected chi connectivity index (χ4v) is 2.36. The third-order valence-electron chi connectivity index (χ3n) is 2.77. The summed E-state index contributed by atoms with van der Waals surface area (Å²) in [6.45, 7) is -0.504. The first kappa shape index (κ1) is 17.3. The van der Waals surface area contributed by atoms with E-state index in [0.29, 0.717) is 22.6 Å². The number of aromatic nitrogens is 1. The van der Waals surface area contributed by atoms with Gasteiger partial charge in [-0.25, -0.2) is 4.98 Å². The number of hydrogen-bond acceptors (Lipinski definition) is 8. The Morgan fingerprint density at radius 1 is 1.42 bits per heavy atom. The van der Waals surface area contributed by atoms with Crippen molar-refractivity contribution in [2.24, 2.45) is 0 Å². The molecule has 1 N–H and O–H groups in total. The van der Waals surface area contributed by atoms with Gasteiger partial charge in [0.25, 0.3) is 5.91 Å². The van der Waals surface area contributed by atoms with E-state index >= 15 is 0 Å². The Morgan fingerprint density at radius 2 is 2.21 bits per heavy atom. The number of hydrogen-bond donors (Lipinski definition) is 1. The zero-order valence-corrected chi connectivity index (χ0v) is 13.4. The molecule has 0 atom stereocenters. The summed E-state index contributed by atoms with van der Waals surface area (Å²) in [6, 6.07) is 6.91. The van der Waals surface area contributed by atoms with Crippen molar-refractivity contribution in [2.45, 2.75) is 6.42 Å². The standard InChI is InChI=1S/C14H13N3O6S/c1-22-10-4-2-3-9(5-10)6-13(19)23-8-11(18)16-14-15-7-12(24-14)17(20)21/h2-5,7H,6,8H2,1H3,(H,15,16,18). The van der Waals surface area contributed by atoms with Crippen molar-refractivity contribution in [1.82, 2.24) is 4.98 Å². The average Bonchev–Trinajstić information content (AvgIpc) is 3.02. The maximum atomic E-state index is 11.7. The van der Waals surface area contributed by atoms with Gasteiger partial charge in [0.05, 0.1) is 18.5 Å². The number of rotatable bonds is 7. The molecule has 0 spiro atoms. The van der Waals surface area contributed by atoms with Crippen LogP contribution in [0.5, 0.6) is 5.75 Å². The SMILES string of the molecule is COc1cccc(CC(=O)OCC(=O)Nc2ncc([N+](=O)[O-])s2)c1. The highest BCUT2D eigenvalue weighted by Gasteiger charge is 2.14. The Hall–Kier alpha value is -3.01. The Kier molecular flexibility index (Phi) is 5.79. The first-order chi connectivity index (χ1) is 11.5. The van der Waals surface area contributed by atoms with E-state index < -0.39 is 23.4 Å². The van der Waals surface area contributed by atoms with Crippen LogP contribution in [0.15, 0.2) is 30.5 Å². The number of esters is 1. The van der Waals surface area contributed by atoms with E-state index in [2.05, 4.69) is 10.3 Å². The van der Waals surface area contributed by atoms with Crippen LogP contribution in [0.4, 0.5) is 10.1 Å². The van der Waals surface area contributed by atoms with Gasteiger partial charge in [-0.05, 0) is 29.0 Å². The number of carbonyl (C=O) groups is 2. The van der Waals surface area contributed by atoms with Crippen molar-refractivity contribution in [3.8, 4) is 5.75 Å². The van der Waals surface area contributed by atoms with Crippen LogP contribution in [0.3, 0.4) is 0 Å². The molecule has 0 saturated heterocycles. The summed E-state index contributed by atoms with van der Waals surface area (Å²) in [6.07, 6.45) is 1.03. The Balaban J connectivity index is 1.80. The van der Waals surface area contributed by atoms with Crippen molar-refractivity contribution >= 4 is 33.3 Å². The number of benzene rings is 1. The lowest BCUT2D eigenvalue weighted by molar-refractivity contribution is -0.380. The number of anilines is 1. The molecule has 0 aliphatic rings. The summed E-state index contributed by atoms with van der Waals surface area (Å²) in [7, 11) is 1.52. The van der Waals surface area contributed by atoms with E-state index in [-0.39, 0.29) is 16.6 Å². The van der Waals surface area contributed by atoms with Crippen LogP contribution in [0.25, 0.3) is 0 Å². The number of carbonyl (C=O) groups excluding carboxylic acids is 2. The zero-order valence-electron chi connectivity index (χ0n) is 12.6. The Bertz CT molecular complexity index is 760. The van der Waals surface area contributed by atoms with Gasteiger partial charge < -0.3 is 9.47 Å². The van der Waals surface area contributed by atoms with Crippen LogP contribution in [0.2, 0.25) is 0 Å². The molecule has 0 radical (unpaired) electrons. The maximum absolute atomic E-state index is 11.7. The van der Waals surface area contributed by atoms with Crippen molar-refractivity contribution in [1.29, 1.82) is 0 Å². The van der Waals surface area contributed by atoms with Gasteiger partial charge in [-0.1, -0.05) is 12.1 Å². The molecule has 0 saturated carbocycles. The number of thiazole rings is 1. The number of nitro groups is 1. The summed E-state index contributed by atoms with van der Waals surface area (Å²) in [4.78, 5) is 36.9. The van der Waals surface area contributed by atoms with Crippen molar-refractivity contribution in [3.63, 3.8) is 0 Å². The minimum atomic E-state index is -0.627. The van der Waals surface area contributed by atoms with Gasteiger partial charge in [-0.2, -0.15) is 0 Å². The second-order valence-corrected chi connectivity index (χ2v) is 5.51. The van der Waals surface area contributed by atoms with E-state index in [1.807, 2.05) is 0 Å². The van der Waals surface area contributed by atoms with E-state index in [0.717, 1.165) is 6.20 Å². The highest BCUT2D eigenvalue weighted by atomic mass is 32.1. The van der Waals surface area contributed by atoms with Crippen molar-refractivity contribution < 1.29 is 24.0 Å². The molecule has 0 aliphatic carbocycles. The second kappa shape index (κ2) is 8.02. The third-order valence-corrected chi connectivity index (χ3v) is 3.63. The maximum Gasteiger partial charge on any atom is 0.345 e. The summed E-state index contributed by atoms with van der Waals surface area (Å²) in [5.74, 6) is -0.592. The van der Waals surface area contributed by atoms with E-state index in [1.165, 1.54) is 7.11 Å². The number of nitrogens with zero attached hydrogens (tertiary/aromatic N) is 2. The van der Waals surface area contributed by atoms with Gasteiger partial charge in [0, 0.05) is 0 Å². The number of nitrogens with one attached hydrogen (secondary N) is 1. The summed E-state index contributed by atoms with van der Waals surface area (Å²) < 4.78 is 9.91. The molecule has 0 bridgehead atoms. The topological polar surface area (TPSA) is 121 Å². The van der Waals surface area contributed by atoms with Gasteiger partial charge in [-0.3, -0.25) is 25.0 Å². The second-order valence-electron chi connectivity index (χ2n) is 4.50. The fraction of sp³-hybridized carbons (Fsp3) is 0.214. The third kappa shape index (κ3) is 5.02. The first-order valence-corrected chi connectivity index (χ1v) is 7.48. The Morgan fingerprint density at radius 3 is 2.88 bits per heavy atom. The van der Waals surface area contributed by atoms with Gasteiger partial charge in [0.1, 0.15) is 11.9 Å². The van der Waals surface area contributed by atoms with E-state index in [1.54, 1.807) is 24.3 Å². The lowest BCUT2D eigenvalue weighted by Crippen LogP contribution is -2.21. The lowest BCUT2D eigenvalue weighted by atomic mass is 10.1. The van der Waals surface area contributed by atoms with Crippen LogP contribution in [-0.4, -0.2) is 35.5 Å². The molecule has 0 unspecified atom stereocenters. The van der Waals surface area contributed by atoms with E-state index in [9.17, 15) is 19.7 Å². The van der Waals surface area contributed by atoms with Gasteiger partial charge in [0.2, 0.25) is 0 Å². The smallest absolute Gasteiger partial charge is 0.345 e. The van der Waals surface area contributed by atoms with E-state index in [4.69, 9.17) is 9.47 Å². The summed E-state index contributed by atoms with van der Waals surface area (Å²) >= 11 is 0.714. The molecule has 0 fully saturated rings. The largest absolute Gasteiger partial charge is 0.497 e. The average molecular weight is 351 g/mol. The molecule has 1 heterocycles. The summed E-state index contributed by atoms with van der Waals surface area (Å²) in [5.41, 5.74) is 0.690. The summed E-state index contributed by atoms with van der Waals surface area (Å²) in [5, 5.41) is 12.7. The molecule has 1 amide bonds. The van der Waals surface area contributed by atoms with Gasteiger partial charge in [0.15, 0.2) is 11.7 Å². The zero-order chi connectivity index (χ0) is 17.5. The number of amides is 1. The van der Waals surface area contributed by atoms with Crippen molar-refractivity contribution in [2.75, 3.05) is 19.0 Å². The Labute approximate surface area is 140 Å². The molecule has 1 aromatic heterocycles. The molecule has 0 aliphatic heterocycles. The first-order valence-electron chi connectivity index (χ1n) is 6.66. The molecule has 1 aromatic carbocycles. The van der Waals surface area contributed by atoms with Crippen molar-refractivity contribution in [3.05, 3.63) is 46.1 Å². The van der Waals surface area contributed by atoms with Crippen LogP contribution < -0.4 is 10.1 Å². The molecule has 126 valence electrons.